The molecule has 1 N–H and O–H groups in total. The highest BCUT2D eigenvalue weighted by molar-refractivity contribution is 5.89. The Morgan fingerprint density at radius 3 is 2.88 bits per heavy atom. The van der Waals surface area contributed by atoms with Gasteiger partial charge in [0.25, 0.3) is 0 Å². The summed E-state index contributed by atoms with van der Waals surface area (Å²) < 4.78 is 11.5. The van der Waals surface area contributed by atoms with E-state index < -0.39 is 0 Å². The van der Waals surface area contributed by atoms with Gasteiger partial charge in [0.2, 0.25) is 5.91 Å². The van der Waals surface area contributed by atoms with Crippen molar-refractivity contribution in [1.82, 2.24) is 0 Å². The summed E-state index contributed by atoms with van der Waals surface area (Å²) in [7, 11) is 0. The van der Waals surface area contributed by atoms with Crippen molar-refractivity contribution < 1.29 is 14.3 Å². The van der Waals surface area contributed by atoms with Gasteiger partial charge in [-0.3, -0.25) is 4.79 Å². The molecule has 24 heavy (non-hydrogen) atoms. The van der Waals surface area contributed by atoms with Crippen molar-refractivity contribution in [2.24, 2.45) is 0 Å². The van der Waals surface area contributed by atoms with E-state index in [1.807, 2.05) is 6.07 Å². The standard InChI is InChI=1S/C19H26N2O3/c1-14(22)20-15-4-5-18-17(11-15)19(6-9-23-10-7-19)13-21(18)12-16-3-2-8-24-16/h4-5,11,16H,2-3,6-10,12-13H2,1H3,(H,20,22). The molecule has 0 radical (unpaired) electrons. The van der Waals surface area contributed by atoms with Gasteiger partial charge >= 0.3 is 0 Å². The molecule has 1 atom stereocenters. The Hall–Kier alpha value is -1.59. The van der Waals surface area contributed by atoms with Gasteiger partial charge in [-0.05, 0) is 49.4 Å². The zero-order chi connectivity index (χ0) is 16.6. The summed E-state index contributed by atoms with van der Waals surface area (Å²) >= 11 is 0. The fourth-order valence-electron chi connectivity index (χ4n) is 4.44. The molecule has 1 spiro atoms. The van der Waals surface area contributed by atoms with Crippen LogP contribution in [-0.2, 0) is 19.7 Å². The predicted molar refractivity (Wildman–Crippen MR) is 93.7 cm³/mol. The van der Waals surface area contributed by atoms with E-state index in [1.54, 1.807) is 6.92 Å². The molecule has 3 aliphatic heterocycles. The van der Waals surface area contributed by atoms with Gasteiger partial charge in [0, 0.05) is 56.6 Å². The van der Waals surface area contributed by atoms with Gasteiger partial charge in [0.1, 0.15) is 0 Å². The molecule has 130 valence electrons. The Labute approximate surface area is 143 Å². The van der Waals surface area contributed by atoms with E-state index in [0.29, 0.717) is 6.10 Å². The quantitative estimate of drug-likeness (QED) is 0.926. The molecule has 1 aromatic rings. The van der Waals surface area contributed by atoms with Gasteiger partial charge < -0.3 is 19.7 Å². The lowest BCUT2D eigenvalue weighted by atomic mass is 9.76. The predicted octanol–water partition coefficient (Wildman–Crippen LogP) is 2.69. The van der Waals surface area contributed by atoms with Crippen LogP contribution in [0.1, 0.15) is 38.2 Å². The molecule has 2 fully saturated rings. The van der Waals surface area contributed by atoms with E-state index >= 15 is 0 Å². The summed E-state index contributed by atoms with van der Waals surface area (Å²) in [6.07, 6.45) is 4.78. The molecule has 0 aromatic heterocycles. The number of hydrogen-bond donors (Lipinski definition) is 1. The Morgan fingerprint density at radius 2 is 2.17 bits per heavy atom. The highest BCUT2D eigenvalue weighted by Gasteiger charge is 2.44. The Balaban J connectivity index is 1.65. The maximum atomic E-state index is 11.4. The molecule has 1 amide bonds. The molecule has 3 aliphatic rings. The van der Waals surface area contributed by atoms with Gasteiger partial charge in [-0.1, -0.05) is 0 Å². The maximum absolute atomic E-state index is 11.4. The Bertz CT molecular complexity index is 619. The third-order valence-corrected chi connectivity index (χ3v) is 5.62. The topological polar surface area (TPSA) is 50.8 Å². The second-order valence-electron chi connectivity index (χ2n) is 7.32. The van der Waals surface area contributed by atoms with E-state index in [1.165, 1.54) is 17.7 Å². The first kappa shape index (κ1) is 15.9. The van der Waals surface area contributed by atoms with Crippen LogP contribution in [0.25, 0.3) is 0 Å². The molecule has 3 heterocycles. The number of hydrogen-bond acceptors (Lipinski definition) is 4. The van der Waals surface area contributed by atoms with Gasteiger partial charge in [-0.15, -0.1) is 0 Å². The van der Waals surface area contributed by atoms with Crippen molar-refractivity contribution in [3.8, 4) is 0 Å². The molecular formula is C19H26N2O3. The van der Waals surface area contributed by atoms with Crippen molar-refractivity contribution in [3.05, 3.63) is 23.8 Å². The van der Waals surface area contributed by atoms with Crippen LogP contribution in [0.5, 0.6) is 0 Å². The molecule has 4 rings (SSSR count). The number of carbonyl (C=O) groups excluding carboxylic acids is 1. The summed E-state index contributed by atoms with van der Waals surface area (Å²) in [6, 6.07) is 6.36. The van der Waals surface area contributed by atoms with Crippen LogP contribution in [0.15, 0.2) is 18.2 Å². The molecule has 5 heteroatoms. The average Bonchev–Trinajstić information content (AvgIpc) is 3.16. The lowest BCUT2D eigenvalue weighted by molar-refractivity contribution is -0.114. The van der Waals surface area contributed by atoms with E-state index in [0.717, 1.165) is 57.9 Å². The van der Waals surface area contributed by atoms with Crippen molar-refractivity contribution in [3.63, 3.8) is 0 Å². The minimum absolute atomic E-state index is 0.0230. The molecule has 5 nitrogen and oxygen atoms in total. The van der Waals surface area contributed by atoms with Crippen LogP contribution in [-0.4, -0.2) is 44.9 Å². The highest BCUT2D eigenvalue weighted by Crippen LogP contribution is 2.47. The molecule has 0 saturated carbocycles. The summed E-state index contributed by atoms with van der Waals surface area (Å²) in [5, 5.41) is 2.93. The minimum Gasteiger partial charge on any atom is -0.381 e. The van der Waals surface area contributed by atoms with Gasteiger partial charge in [0.15, 0.2) is 0 Å². The first-order valence-corrected chi connectivity index (χ1v) is 9.03. The number of nitrogens with zero attached hydrogens (tertiary/aromatic N) is 1. The fourth-order valence-corrected chi connectivity index (χ4v) is 4.44. The summed E-state index contributed by atoms with van der Waals surface area (Å²) in [6.45, 7) is 6.09. The van der Waals surface area contributed by atoms with Gasteiger partial charge in [0.05, 0.1) is 6.10 Å². The third kappa shape index (κ3) is 2.91. The lowest BCUT2D eigenvalue weighted by Gasteiger charge is -2.34. The second kappa shape index (κ2) is 6.37. The van der Waals surface area contributed by atoms with Crippen molar-refractivity contribution in [1.29, 1.82) is 0 Å². The average molecular weight is 330 g/mol. The number of anilines is 2. The van der Waals surface area contributed by atoms with Crippen molar-refractivity contribution in [2.45, 2.75) is 44.1 Å². The first-order chi connectivity index (χ1) is 11.7. The normalized spacial score (nSPS) is 25.0. The summed E-state index contributed by atoms with van der Waals surface area (Å²) in [5.41, 5.74) is 3.73. The smallest absolute Gasteiger partial charge is 0.221 e. The van der Waals surface area contributed by atoms with Crippen LogP contribution in [0.3, 0.4) is 0 Å². The highest BCUT2D eigenvalue weighted by atomic mass is 16.5. The lowest BCUT2D eigenvalue weighted by Crippen LogP contribution is -2.40. The minimum atomic E-state index is -0.0230. The SMILES string of the molecule is CC(=O)Nc1ccc2c(c1)C1(CCOCC1)CN2CC1CCCO1. The van der Waals surface area contributed by atoms with Gasteiger partial charge in [-0.2, -0.15) is 0 Å². The number of rotatable bonds is 3. The van der Waals surface area contributed by atoms with Crippen LogP contribution in [0.2, 0.25) is 0 Å². The number of carbonyl (C=O) groups is 1. The van der Waals surface area contributed by atoms with E-state index in [-0.39, 0.29) is 11.3 Å². The second-order valence-corrected chi connectivity index (χ2v) is 7.32. The van der Waals surface area contributed by atoms with Crippen LogP contribution in [0, 0.1) is 0 Å². The zero-order valence-corrected chi connectivity index (χ0v) is 14.3. The molecule has 1 unspecified atom stereocenters. The van der Waals surface area contributed by atoms with Crippen LogP contribution < -0.4 is 10.2 Å². The van der Waals surface area contributed by atoms with Crippen molar-refractivity contribution >= 4 is 17.3 Å². The van der Waals surface area contributed by atoms with Crippen LogP contribution >= 0.6 is 0 Å². The van der Waals surface area contributed by atoms with Gasteiger partial charge in [-0.25, -0.2) is 0 Å². The third-order valence-electron chi connectivity index (χ3n) is 5.62. The fraction of sp³-hybridized carbons (Fsp3) is 0.632. The zero-order valence-electron chi connectivity index (χ0n) is 14.3. The Kier molecular flexibility index (Phi) is 4.22. The number of amides is 1. The van der Waals surface area contributed by atoms with E-state index in [4.69, 9.17) is 9.47 Å². The first-order valence-electron chi connectivity index (χ1n) is 9.03. The number of fused-ring (bicyclic) bond motifs is 2. The monoisotopic (exact) mass is 330 g/mol. The number of benzene rings is 1. The van der Waals surface area contributed by atoms with Crippen LogP contribution in [0.4, 0.5) is 11.4 Å². The molecule has 0 bridgehead atoms. The molecular weight excluding hydrogens is 304 g/mol. The molecule has 1 aromatic carbocycles. The molecule has 2 saturated heterocycles. The summed E-state index contributed by atoms with van der Waals surface area (Å²) in [5.74, 6) is -0.0230. The molecule has 0 aliphatic carbocycles. The Morgan fingerprint density at radius 1 is 1.33 bits per heavy atom. The summed E-state index contributed by atoms with van der Waals surface area (Å²) in [4.78, 5) is 13.9. The number of ether oxygens (including phenoxy) is 2. The van der Waals surface area contributed by atoms with E-state index in [9.17, 15) is 4.79 Å². The van der Waals surface area contributed by atoms with Crippen molar-refractivity contribution in [2.75, 3.05) is 43.1 Å². The largest absolute Gasteiger partial charge is 0.381 e. The van der Waals surface area contributed by atoms with E-state index in [2.05, 4.69) is 22.3 Å². The number of nitrogens with one attached hydrogen (secondary N) is 1. The maximum Gasteiger partial charge on any atom is 0.221 e.